The topological polar surface area (TPSA) is 106 Å². The maximum atomic E-state index is 13.3. The summed E-state index contributed by atoms with van der Waals surface area (Å²) in [5, 5.41) is 19.4. The number of aliphatic hydroxyl groups is 1. The zero-order chi connectivity index (χ0) is 25.9. The maximum absolute atomic E-state index is 13.3. The molecule has 2 aromatic heterocycles. The van der Waals surface area contributed by atoms with Gasteiger partial charge < -0.3 is 14.3 Å². The quantitative estimate of drug-likeness (QED) is 0.164. The number of carbonyl (C=O) groups excluding carboxylic acids is 2. The highest BCUT2D eigenvalue weighted by atomic mass is 32.2. The first-order chi connectivity index (χ1) is 18.0. The van der Waals surface area contributed by atoms with Crippen LogP contribution >= 0.6 is 23.1 Å². The van der Waals surface area contributed by atoms with Crippen LogP contribution in [-0.4, -0.2) is 33.6 Å². The highest BCUT2D eigenvalue weighted by Crippen LogP contribution is 2.44. The number of rotatable bonds is 9. The molecule has 1 N–H and O–H groups in total. The zero-order valence-corrected chi connectivity index (χ0v) is 21.1. The predicted molar refractivity (Wildman–Crippen MR) is 136 cm³/mol. The van der Waals surface area contributed by atoms with E-state index in [1.807, 2.05) is 6.92 Å². The van der Waals surface area contributed by atoms with Gasteiger partial charge >= 0.3 is 0 Å². The number of hydrogen-bond donors (Lipinski definition) is 1. The van der Waals surface area contributed by atoms with Crippen molar-refractivity contribution in [3.8, 4) is 5.75 Å². The Labute approximate surface area is 219 Å². The van der Waals surface area contributed by atoms with E-state index in [9.17, 15) is 19.1 Å². The first-order valence-corrected chi connectivity index (χ1v) is 13.0. The summed E-state index contributed by atoms with van der Waals surface area (Å²) < 4.78 is 24.6. The standard InChI is InChI=1S/C26H20FN3O5S2/c1-2-34-18-6-3-5-16(13-18)21-20(22(31)19-7-4-12-35-19)23(32)24(33)30(21)25-28-29-26(37-25)36-14-15-8-10-17(27)11-9-15/h3-13,21,32H,2,14H2,1H3. The number of anilines is 1. The predicted octanol–water partition coefficient (Wildman–Crippen LogP) is 5.74. The molecule has 11 heteroatoms. The fourth-order valence-electron chi connectivity index (χ4n) is 3.92. The number of benzene rings is 2. The van der Waals surface area contributed by atoms with Crippen molar-refractivity contribution in [3.63, 3.8) is 0 Å². The van der Waals surface area contributed by atoms with Crippen LogP contribution in [0, 0.1) is 5.82 Å². The van der Waals surface area contributed by atoms with Gasteiger partial charge in [0.05, 0.1) is 24.5 Å². The molecule has 1 unspecified atom stereocenters. The molecule has 37 heavy (non-hydrogen) atoms. The molecule has 0 bridgehead atoms. The minimum absolute atomic E-state index is 0.00466. The van der Waals surface area contributed by atoms with E-state index in [1.165, 1.54) is 41.1 Å². The molecule has 1 aliphatic rings. The Kier molecular flexibility index (Phi) is 7.06. The highest BCUT2D eigenvalue weighted by Gasteiger charge is 2.46. The number of ketones is 1. The van der Waals surface area contributed by atoms with Gasteiger partial charge in [-0.15, -0.1) is 10.2 Å². The van der Waals surface area contributed by atoms with Crippen molar-refractivity contribution in [2.24, 2.45) is 0 Å². The van der Waals surface area contributed by atoms with Gasteiger partial charge in [0.25, 0.3) is 5.91 Å². The maximum Gasteiger partial charge on any atom is 0.296 e. The lowest BCUT2D eigenvalue weighted by Crippen LogP contribution is -2.31. The summed E-state index contributed by atoms with van der Waals surface area (Å²) in [4.78, 5) is 27.9. The molecule has 0 fully saturated rings. The second-order valence-electron chi connectivity index (χ2n) is 7.92. The number of halogens is 1. The Hall–Kier alpha value is -3.96. The van der Waals surface area contributed by atoms with E-state index in [4.69, 9.17) is 9.15 Å². The SMILES string of the molecule is CCOc1cccc(C2C(C(=O)c3ccco3)=C(O)C(=O)N2c2nnc(SCc3ccc(F)cc3)s2)c1. The van der Waals surface area contributed by atoms with Crippen molar-refractivity contribution in [3.05, 3.63) is 101 Å². The number of thioether (sulfide) groups is 1. The lowest BCUT2D eigenvalue weighted by Gasteiger charge is -2.24. The minimum atomic E-state index is -0.978. The van der Waals surface area contributed by atoms with Gasteiger partial charge in [-0.25, -0.2) is 4.39 Å². The fourth-order valence-corrected chi connectivity index (χ4v) is 5.74. The third-order valence-electron chi connectivity index (χ3n) is 5.56. The average molecular weight is 538 g/mol. The van der Waals surface area contributed by atoms with Gasteiger partial charge in [-0.2, -0.15) is 0 Å². The normalized spacial score (nSPS) is 15.5. The second-order valence-corrected chi connectivity index (χ2v) is 10.1. The highest BCUT2D eigenvalue weighted by molar-refractivity contribution is 8.00. The summed E-state index contributed by atoms with van der Waals surface area (Å²) in [5.74, 6) is -1.30. The first kappa shape index (κ1) is 24.7. The molecule has 5 rings (SSSR count). The summed E-state index contributed by atoms with van der Waals surface area (Å²) in [6.07, 6.45) is 1.35. The molecule has 0 spiro atoms. The van der Waals surface area contributed by atoms with Crippen molar-refractivity contribution in [1.82, 2.24) is 10.2 Å². The summed E-state index contributed by atoms with van der Waals surface area (Å²) in [6.45, 7) is 2.28. The average Bonchev–Trinajstić information content (AvgIpc) is 3.65. The van der Waals surface area contributed by atoms with Gasteiger partial charge in [0, 0.05) is 5.75 Å². The van der Waals surface area contributed by atoms with E-state index in [-0.39, 0.29) is 22.3 Å². The smallest absolute Gasteiger partial charge is 0.296 e. The van der Waals surface area contributed by atoms with Crippen LogP contribution in [-0.2, 0) is 10.5 Å². The summed E-state index contributed by atoms with van der Waals surface area (Å²) in [6, 6.07) is 15.2. The van der Waals surface area contributed by atoms with Crippen LogP contribution in [0.25, 0.3) is 0 Å². The molecular formula is C26H20FN3O5S2. The number of Topliss-reactive ketones (excluding diaryl/α,β-unsaturated/α-hetero) is 1. The van der Waals surface area contributed by atoms with E-state index in [0.29, 0.717) is 28.0 Å². The molecule has 4 aromatic rings. The lowest BCUT2D eigenvalue weighted by molar-refractivity contribution is -0.117. The van der Waals surface area contributed by atoms with Crippen LogP contribution in [0.2, 0.25) is 0 Å². The van der Waals surface area contributed by atoms with E-state index in [0.717, 1.165) is 16.9 Å². The molecule has 1 atom stereocenters. The van der Waals surface area contributed by atoms with E-state index in [2.05, 4.69) is 10.2 Å². The molecule has 0 saturated carbocycles. The Morgan fingerprint density at radius 2 is 2.00 bits per heavy atom. The van der Waals surface area contributed by atoms with Gasteiger partial charge in [0.1, 0.15) is 11.6 Å². The van der Waals surface area contributed by atoms with Crippen LogP contribution in [0.15, 0.2) is 87.0 Å². The second kappa shape index (κ2) is 10.6. The molecule has 0 saturated heterocycles. The number of ether oxygens (including phenoxy) is 1. The number of aromatic nitrogens is 2. The number of hydrogen-bond acceptors (Lipinski definition) is 9. The van der Waals surface area contributed by atoms with Crippen LogP contribution in [0.1, 0.15) is 34.6 Å². The molecule has 0 aliphatic carbocycles. The van der Waals surface area contributed by atoms with Gasteiger partial charge in [-0.3, -0.25) is 14.5 Å². The van der Waals surface area contributed by atoms with Crippen LogP contribution in [0.5, 0.6) is 5.75 Å². The summed E-state index contributed by atoms with van der Waals surface area (Å²) >= 11 is 2.53. The van der Waals surface area contributed by atoms with Crippen molar-refractivity contribution < 1.29 is 28.2 Å². The fraction of sp³-hybridized carbons (Fsp3) is 0.154. The molecule has 2 aromatic carbocycles. The van der Waals surface area contributed by atoms with Gasteiger partial charge in [-0.05, 0) is 54.4 Å². The number of furan rings is 1. The third-order valence-corrected chi connectivity index (χ3v) is 7.69. The first-order valence-electron chi connectivity index (χ1n) is 11.2. The lowest BCUT2D eigenvalue weighted by atomic mass is 9.95. The van der Waals surface area contributed by atoms with E-state index >= 15 is 0 Å². The summed E-state index contributed by atoms with van der Waals surface area (Å²) in [5.41, 5.74) is 1.33. The zero-order valence-electron chi connectivity index (χ0n) is 19.5. The Balaban J connectivity index is 1.49. The van der Waals surface area contributed by atoms with E-state index < -0.39 is 23.5 Å². The molecular weight excluding hydrogens is 517 g/mol. The van der Waals surface area contributed by atoms with Gasteiger partial charge in [0.2, 0.25) is 10.9 Å². The molecule has 0 radical (unpaired) electrons. The van der Waals surface area contributed by atoms with Crippen LogP contribution in [0.3, 0.4) is 0 Å². The molecule has 1 aliphatic heterocycles. The Morgan fingerprint density at radius 1 is 1.19 bits per heavy atom. The largest absolute Gasteiger partial charge is 0.503 e. The van der Waals surface area contributed by atoms with Gasteiger partial charge in [0.15, 0.2) is 15.9 Å². The minimum Gasteiger partial charge on any atom is -0.503 e. The van der Waals surface area contributed by atoms with Gasteiger partial charge in [-0.1, -0.05) is 47.4 Å². The van der Waals surface area contributed by atoms with Crippen LogP contribution in [0.4, 0.5) is 9.52 Å². The number of nitrogens with zero attached hydrogens (tertiary/aromatic N) is 3. The number of amides is 1. The Bertz CT molecular complexity index is 1470. The van der Waals surface area contributed by atoms with Crippen molar-refractivity contribution in [2.45, 2.75) is 23.1 Å². The molecule has 3 heterocycles. The van der Waals surface area contributed by atoms with E-state index in [1.54, 1.807) is 42.5 Å². The van der Waals surface area contributed by atoms with Crippen molar-refractivity contribution in [2.75, 3.05) is 11.5 Å². The monoisotopic (exact) mass is 537 g/mol. The number of carbonyl (C=O) groups is 2. The van der Waals surface area contributed by atoms with Crippen molar-refractivity contribution >= 4 is 39.9 Å². The molecule has 1 amide bonds. The van der Waals surface area contributed by atoms with Crippen molar-refractivity contribution in [1.29, 1.82) is 0 Å². The summed E-state index contributed by atoms with van der Waals surface area (Å²) in [7, 11) is 0. The number of aliphatic hydroxyl groups excluding tert-OH is 1. The Morgan fingerprint density at radius 3 is 2.73 bits per heavy atom. The van der Waals surface area contributed by atoms with Crippen LogP contribution < -0.4 is 9.64 Å². The third kappa shape index (κ3) is 5.00. The molecule has 188 valence electrons. The molecule has 8 nitrogen and oxygen atoms in total.